The SMILES string of the molecule is CC1=C(C)C(C)(C)[C]([Sc+][C]2=C(C)C(C)=C(C)C2(C)C)=C1C.[Cl-]. The first-order valence-corrected chi connectivity index (χ1v) is 9.88. The number of rotatable bonds is 2. The van der Waals surface area contributed by atoms with Crippen LogP contribution in [0.3, 0.4) is 0 Å². The van der Waals surface area contributed by atoms with E-state index in [1.165, 1.54) is 0 Å². The minimum absolute atomic E-state index is 0. The van der Waals surface area contributed by atoms with Gasteiger partial charge in [0.25, 0.3) is 0 Å². The average molecular weight is 351 g/mol. The van der Waals surface area contributed by atoms with Gasteiger partial charge in [0.05, 0.1) is 0 Å². The Balaban J connectivity index is 0.00000242. The molecule has 2 rings (SSSR count). The maximum absolute atomic E-state index is 2.43. The zero-order valence-corrected chi connectivity index (χ0v) is 18.5. The Kier molecular flexibility index (Phi) is 5.69. The topological polar surface area (TPSA) is 0 Å². The van der Waals surface area contributed by atoms with Gasteiger partial charge in [0.15, 0.2) is 0 Å². The Morgan fingerprint density at radius 3 is 1.00 bits per heavy atom. The van der Waals surface area contributed by atoms with E-state index in [2.05, 4.69) is 69.2 Å². The molecule has 0 aromatic heterocycles. The van der Waals surface area contributed by atoms with Gasteiger partial charge in [0.2, 0.25) is 0 Å². The normalized spacial score (nSPS) is 23.4. The van der Waals surface area contributed by atoms with Crippen molar-refractivity contribution in [3.63, 3.8) is 0 Å². The van der Waals surface area contributed by atoms with Gasteiger partial charge in [-0.25, -0.2) is 0 Å². The number of halogens is 1. The molecule has 120 valence electrons. The standard InChI is InChI=1S/2C10H15.ClH.Sc/c2*1-7-6-10(4,5)9(3)8(7)2;;/h2*1-5H3;1H;/q;;;+1/p-1. The van der Waals surface area contributed by atoms with Crippen LogP contribution in [0.4, 0.5) is 0 Å². The molecule has 0 saturated heterocycles. The van der Waals surface area contributed by atoms with E-state index in [1.54, 1.807) is 40.1 Å². The van der Waals surface area contributed by atoms with E-state index in [9.17, 15) is 0 Å². The summed E-state index contributed by atoms with van der Waals surface area (Å²) in [6, 6.07) is 0. The van der Waals surface area contributed by atoms with E-state index in [1.807, 2.05) is 0 Å². The molecule has 0 radical (unpaired) electrons. The maximum Gasteiger partial charge on any atom is -1.00 e. The first kappa shape index (κ1) is 20.2. The predicted molar refractivity (Wildman–Crippen MR) is 89.7 cm³/mol. The van der Waals surface area contributed by atoms with Crippen LogP contribution < -0.4 is 12.4 Å². The fourth-order valence-corrected chi connectivity index (χ4v) is 7.57. The van der Waals surface area contributed by atoms with Crippen molar-refractivity contribution in [1.29, 1.82) is 0 Å². The smallest absolute Gasteiger partial charge is 1.00 e. The van der Waals surface area contributed by atoms with Crippen molar-refractivity contribution >= 4 is 0 Å². The summed E-state index contributed by atoms with van der Waals surface area (Å²) < 4.78 is 3.57. The second kappa shape index (κ2) is 6.20. The number of allylic oxidation sites excluding steroid dienone is 8. The van der Waals surface area contributed by atoms with Crippen molar-refractivity contribution in [2.45, 2.75) is 69.2 Å². The Bertz CT molecular complexity index is 581. The van der Waals surface area contributed by atoms with E-state index in [0.717, 1.165) is 0 Å². The fourth-order valence-electron chi connectivity index (χ4n) is 3.97. The molecular weight excluding hydrogens is 321 g/mol. The fraction of sp³-hybridized carbons (Fsp3) is 0.600. The van der Waals surface area contributed by atoms with Crippen LogP contribution in [0.1, 0.15) is 69.2 Å². The van der Waals surface area contributed by atoms with Gasteiger partial charge in [-0.15, -0.1) is 0 Å². The molecule has 22 heavy (non-hydrogen) atoms. The summed E-state index contributed by atoms with van der Waals surface area (Å²) >= 11 is -0.580. The summed E-state index contributed by atoms with van der Waals surface area (Å²) in [5, 5.41) is 0. The summed E-state index contributed by atoms with van der Waals surface area (Å²) in [6.45, 7) is 23.7. The molecule has 0 aromatic carbocycles. The summed E-state index contributed by atoms with van der Waals surface area (Å²) in [5.74, 6) is 0. The van der Waals surface area contributed by atoms with Crippen molar-refractivity contribution in [2.24, 2.45) is 10.8 Å². The molecule has 0 N–H and O–H groups in total. The maximum atomic E-state index is 2.43. The molecule has 2 aliphatic carbocycles. The van der Waals surface area contributed by atoms with Gasteiger partial charge in [-0.1, -0.05) is 0 Å². The van der Waals surface area contributed by atoms with E-state index in [-0.39, 0.29) is 23.2 Å². The number of hydrogen-bond donors (Lipinski definition) is 0. The molecule has 0 heterocycles. The summed E-state index contributed by atoms with van der Waals surface area (Å²) in [7, 11) is 0. The van der Waals surface area contributed by atoms with Crippen molar-refractivity contribution < 1.29 is 35.3 Å². The summed E-state index contributed by atoms with van der Waals surface area (Å²) in [5.41, 5.74) is 10.0. The largest absolute Gasteiger partial charge is 1.00 e. The van der Waals surface area contributed by atoms with Crippen molar-refractivity contribution in [2.75, 3.05) is 0 Å². The molecule has 0 atom stereocenters. The Hall–Kier alpha value is 0.120. The molecule has 0 amide bonds. The minimum atomic E-state index is -0.580. The van der Waals surface area contributed by atoms with Crippen LogP contribution in [0, 0.1) is 10.8 Å². The van der Waals surface area contributed by atoms with Gasteiger partial charge in [0, 0.05) is 0 Å². The average Bonchev–Trinajstić information content (AvgIpc) is 2.63. The monoisotopic (exact) mass is 350 g/mol. The zero-order valence-electron chi connectivity index (χ0n) is 16.0. The third-order valence-electron chi connectivity index (χ3n) is 6.57. The quantitative estimate of drug-likeness (QED) is 0.716. The molecular formula is C20H30ClSc. The van der Waals surface area contributed by atoms with Crippen LogP contribution in [-0.2, 0) is 22.9 Å². The second-order valence-corrected chi connectivity index (χ2v) is 10.2. The Morgan fingerprint density at radius 2 is 0.818 bits per heavy atom. The molecule has 0 saturated carbocycles. The van der Waals surface area contributed by atoms with E-state index < -0.39 is 22.9 Å². The zero-order chi connectivity index (χ0) is 16.3. The first-order chi connectivity index (χ1) is 9.44. The Labute approximate surface area is 155 Å². The third-order valence-corrected chi connectivity index (χ3v) is 11.1. The second-order valence-electron chi connectivity index (χ2n) is 7.97. The van der Waals surface area contributed by atoms with Crippen LogP contribution in [0.25, 0.3) is 0 Å². The van der Waals surface area contributed by atoms with Gasteiger partial charge >= 0.3 is 143 Å². The summed E-state index contributed by atoms with van der Waals surface area (Å²) in [4.78, 5) is 0. The molecule has 0 spiro atoms. The summed E-state index contributed by atoms with van der Waals surface area (Å²) in [6.07, 6.45) is 0. The molecule has 0 nitrogen and oxygen atoms in total. The third kappa shape index (κ3) is 2.71. The van der Waals surface area contributed by atoms with Crippen molar-refractivity contribution in [3.8, 4) is 0 Å². The van der Waals surface area contributed by atoms with Crippen LogP contribution in [0.5, 0.6) is 0 Å². The van der Waals surface area contributed by atoms with Gasteiger partial charge in [-0.3, -0.25) is 0 Å². The molecule has 2 heteroatoms. The Morgan fingerprint density at radius 1 is 0.545 bits per heavy atom. The molecule has 0 fully saturated rings. The number of hydrogen-bond acceptors (Lipinski definition) is 0. The van der Waals surface area contributed by atoms with Crippen LogP contribution in [0.15, 0.2) is 40.1 Å². The van der Waals surface area contributed by atoms with E-state index >= 15 is 0 Å². The van der Waals surface area contributed by atoms with Crippen molar-refractivity contribution in [1.82, 2.24) is 0 Å². The molecule has 0 aliphatic heterocycles. The van der Waals surface area contributed by atoms with E-state index in [4.69, 9.17) is 0 Å². The molecule has 0 aromatic rings. The molecule has 0 unspecified atom stereocenters. The van der Waals surface area contributed by atoms with Crippen LogP contribution in [-0.4, -0.2) is 0 Å². The van der Waals surface area contributed by atoms with Gasteiger partial charge < -0.3 is 12.4 Å². The molecule has 0 bridgehead atoms. The molecule has 2 aliphatic rings. The van der Waals surface area contributed by atoms with Gasteiger partial charge in [-0.05, 0) is 0 Å². The predicted octanol–water partition coefficient (Wildman–Crippen LogP) is 3.37. The van der Waals surface area contributed by atoms with Crippen LogP contribution >= 0.6 is 0 Å². The van der Waals surface area contributed by atoms with Gasteiger partial charge in [0.1, 0.15) is 0 Å². The van der Waals surface area contributed by atoms with Crippen molar-refractivity contribution in [3.05, 3.63) is 40.1 Å². The minimum Gasteiger partial charge on any atom is -1.00 e. The van der Waals surface area contributed by atoms with Crippen LogP contribution in [0.2, 0.25) is 0 Å². The van der Waals surface area contributed by atoms with E-state index in [0.29, 0.717) is 0 Å². The van der Waals surface area contributed by atoms with Gasteiger partial charge in [-0.2, -0.15) is 0 Å². The first-order valence-electron chi connectivity index (χ1n) is 8.08.